The summed E-state index contributed by atoms with van der Waals surface area (Å²) in [4.78, 5) is 6.26. The van der Waals surface area contributed by atoms with Gasteiger partial charge < -0.3 is 19.8 Å². The fraction of sp³-hybridized carbons (Fsp3) is 0.235. The van der Waals surface area contributed by atoms with Crippen LogP contribution in [0, 0.1) is 0 Å². The Bertz CT molecular complexity index is 734. The molecule has 1 fully saturated rings. The van der Waals surface area contributed by atoms with Crippen molar-refractivity contribution >= 4 is 28.4 Å². The number of fused-ring (bicyclic) bond motifs is 1. The van der Waals surface area contributed by atoms with Gasteiger partial charge in [-0.3, -0.25) is 4.99 Å². The molecule has 1 saturated heterocycles. The van der Waals surface area contributed by atoms with E-state index in [1.807, 2.05) is 17.0 Å². The minimum Gasteiger partial charge on any atom is -0.505 e. The van der Waals surface area contributed by atoms with Crippen LogP contribution >= 0.6 is 0 Å². The molecular weight excluding hydrogens is 280 g/mol. The Hall–Kier alpha value is -2.53. The fourth-order valence-corrected chi connectivity index (χ4v) is 2.71. The van der Waals surface area contributed by atoms with Crippen molar-refractivity contribution in [2.75, 3.05) is 31.2 Å². The van der Waals surface area contributed by atoms with E-state index in [2.05, 4.69) is 11.6 Å². The lowest BCUT2D eigenvalue weighted by Crippen LogP contribution is -2.36. The summed E-state index contributed by atoms with van der Waals surface area (Å²) in [6, 6.07) is 7.20. The SMILES string of the molecule is C=CC=Nc1c(N2CCOCC2)c(O)c2ccccc2c1O. The lowest BCUT2D eigenvalue weighted by atomic mass is 10.0. The van der Waals surface area contributed by atoms with Crippen molar-refractivity contribution in [1.29, 1.82) is 0 Å². The standard InChI is InChI=1S/C17H18N2O3/c1-2-7-18-14-15(19-8-10-22-11-9-19)17(21)13-6-4-3-5-12(13)16(14)20/h2-7,20-21H,1,8-11H2. The first-order valence-electron chi connectivity index (χ1n) is 7.18. The molecule has 0 amide bonds. The minimum atomic E-state index is 0.0630. The first-order valence-corrected chi connectivity index (χ1v) is 7.18. The summed E-state index contributed by atoms with van der Waals surface area (Å²) in [5, 5.41) is 22.5. The smallest absolute Gasteiger partial charge is 0.151 e. The highest BCUT2D eigenvalue weighted by atomic mass is 16.5. The van der Waals surface area contributed by atoms with Crippen LogP contribution < -0.4 is 4.90 Å². The number of aliphatic imine (C=N–C) groups is 1. The molecule has 0 spiro atoms. The number of allylic oxidation sites excluding steroid dienone is 1. The van der Waals surface area contributed by atoms with E-state index in [4.69, 9.17) is 4.74 Å². The van der Waals surface area contributed by atoms with Crippen LogP contribution in [-0.4, -0.2) is 42.7 Å². The van der Waals surface area contributed by atoms with E-state index in [0.29, 0.717) is 48.5 Å². The molecule has 0 radical (unpaired) electrons. The van der Waals surface area contributed by atoms with Crippen LogP contribution in [0.4, 0.5) is 11.4 Å². The summed E-state index contributed by atoms with van der Waals surface area (Å²) >= 11 is 0. The maximum absolute atomic E-state index is 10.7. The Morgan fingerprint density at radius 1 is 1.09 bits per heavy atom. The molecule has 2 aromatic rings. The predicted octanol–water partition coefficient (Wildman–Crippen LogP) is 2.98. The van der Waals surface area contributed by atoms with Crippen molar-refractivity contribution in [3.05, 3.63) is 36.9 Å². The van der Waals surface area contributed by atoms with E-state index < -0.39 is 0 Å². The molecule has 3 rings (SSSR count). The summed E-state index contributed by atoms with van der Waals surface area (Å²) in [5.74, 6) is 0.194. The Labute approximate surface area is 128 Å². The Balaban J connectivity index is 2.28. The second kappa shape index (κ2) is 6.07. The van der Waals surface area contributed by atoms with Gasteiger partial charge in [-0.1, -0.05) is 36.9 Å². The van der Waals surface area contributed by atoms with Gasteiger partial charge in [0.25, 0.3) is 0 Å². The number of phenols is 2. The largest absolute Gasteiger partial charge is 0.505 e. The number of rotatable bonds is 3. The van der Waals surface area contributed by atoms with Gasteiger partial charge in [-0.05, 0) is 0 Å². The van der Waals surface area contributed by atoms with Crippen LogP contribution in [0.1, 0.15) is 0 Å². The van der Waals surface area contributed by atoms with Crippen LogP contribution in [0.25, 0.3) is 10.8 Å². The van der Waals surface area contributed by atoms with Gasteiger partial charge in [0.1, 0.15) is 17.1 Å². The number of ether oxygens (including phenoxy) is 1. The number of morpholine rings is 1. The van der Waals surface area contributed by atoms with Crippen molar-refractivity contribution in [1.82, 2.24) is 0 Å². The lowest BCUT2D eigenvalue weighted by Gasteiger charge is -2.31. The molecule has 1 aliphatic rings. The lowest BCUT2D eigenvalue weighted by molar-refractivity contribution is 0.122. The minimum absolute atomic E-state index is 0.0630. The molecule has 0 aliphatic carbocycles. The summed E-state index contributed by atoms with van der Waals surface area (Å²) < 4.78 is 5.36. The Morgan fingerprint density at radius 3 is 2.36 bits per heavy atom. The molecule has 1 aliphatic heterocycles. The molecule has 22 heavy (non-hydrogen) atoms. The highest BCUT2D eigenvalue weighted by Gasteiger charge is 2.24. The highest BCUT2D eigenvalue weighted by Crippen LogP contribution is 2.50. The molecule has 2 aromatic carbocycles. The van der Waals surface area contributed by atoms with Gasteiger partial charge in [-0.2, -0.15) is 0 Å². The first kappa shape index (κ1) is 14.4. The van der Waals surface area contributed by atoms with E-state index >= 15 is 0 Å². The van der Waals surface area contributed by atoms with E-state index in [0.717, 1.165) is 0 Å². The molecular formula is C17H18N2O3. The topological polar surface area (TPSA) is 65.3 Å². The second-order valence-corrected chi connectivity index (χ2v) is 5.05. The van der Waals surface area contributed by atoms with Gasteiger partial charge in [-0.25, -0.2) is 0 Å². The van der Waals surface area contributed by atoms with Crippen molar-refractivity contribution < 1.29 is 14.9 Å². The van der Waals surface area contributed by atoms with Crippen molar-refractivity contribution in [3.8, 4) is 11.5 Å². The maximum atomic E-state index is 10.7. The zero-order chi connectivity index (χ0) is 15.5. The first-order chi connectivity index (χ1) is 10.7. The van der Waals surface area contributed by atoms with E-state index in [1.165, 1.54) is 12.3 Å². The maximum Gasteiger partial charge on any atom is 0.151 e. The number of phenolic OH excluding ortho intramolecular Hbond substituents is 2. The van der Waals surface area contributed by atoms with Gasteiger partial charge in [0, 0.05) is 30.1 Å². The average Bonchev–Trinajstić information content (AvgIpc) is 2.57. The number of anilines is 1. The monoisotopic (exact) mass is 298 g/mol. The van der Waals surface area contributed by atoms with Gasteiger partial charge in [0.15, 0.2) is 5.75 Å². The predicted molar refractivity (Wildman–Crippen MR) is 88.7 cm³/mol. The summed E-state index contributed by atoms with van der Waals surface area (Å²) in [7, 11) is 0. The van der Waals surface area contributed by atoms with Crippen LogP contribution in [-0.2, 0) is 4.74 Å². The second-order valence-electron chi connectivity index (χ2n) is 5.05. The molecule has 0 saturated carbocycles. The summed E-state index contributed by atoms with van der Waals surface area (Å²) in [6.07, 6.45) is 3.04. The summed E-state index contributed by atoms with van der Waals surface area (Å²) in [5.41, 5.74) is 0.899. The van der Waals surface area contributed by atoms with E-state index in [-0.39, 0.29) is 11.5 Å². The molecule has 0 aromatic heterocycles. The highest BCUT2D eigenvalue weighted by molar-refractivity contribution is 6.05. The molecule has 2 N–H and O–H groups in total. The van der Waals surface area contributed by atoms with Crippen LogP contribution in [0.15, 0.2) is 41.9 Å². The van der Waals surface area contributed by atoms with Crippen molar-refractivity contribution in [2.45, 2.75) is 0 Å². The number of nitrogens with zero attached hydrogens (tertiary/aromatic N) is 2. The molecule has 0 bridgehead atoms. The van der Waals surface area contributed by atoms with Gasteiger partial charge in [0.2, 0.25) is 0 Å². The summed E-state index contributed by atoms with van der Waals surface area (Å²) in [6.45, 7) is 6.05. The number of benzene rings is 2. The number of aromatic hydroxyl groups is 2. The third-order valence-electron chi connectivity index (χ3n) is 3.75. The van der Waals surface area contributed by atoms with E-state index in [1.54, 1.807) is 12.1 Å². The molecule has 0 unspecified atom stereocenters. The molecule has 1 heterocycles. The third kappa shape index (κ3) is 2.40. The van der Waals surface area contributed by atoms with E-state index in [9.17, 15) is 10.2 Å². The Morgan fingerprint density at radius 2 is 1.73 bits per heavy atom. The number of hydrogen-bond acceptors (Lipinski definition) is 5. The van der Waals surface area contributed by atoms with Gasteiger partial charge in [-0.15, -0.1) is 0 Å². The van der Waals surface area contributed by atoms with Gasteiger partial charge in [0.05, 0.1) is 13.2 Å². The zero-order valence-corrected chi connectivity index (χ0v) is 12.2. The van der Waals surface area contributed by atoms with Crippen molar-refractivity contribution in [2.24, 2.45) is 4.99 Å². The van der Waals surface area contributed by atoms with Crippen LogP contribution in [0.3, 0.4) is 0 Å². The molecule has 0 atom stereocenters. The van der Waals surface area contributed by atoms with Crippen LogP contribution in [0.5, 0.6) is 11.5 Å². The zero-order valence-electron chi connectivity index (χ0n) is 12.2. The van der Waals surface area contributed by atoms with Crippen LogP contribution in [0.2, 0.25) is 0 Å². The van der Waals surface area contributed by atoms with Gasteiger partial charge >= 0.3 is 0 Å². The Kier molecular flexibility index (Phi) is 3.98. The number of hydrogen-bond donors (Lipinski definition) is 2. The normalized spacial score (nSPS) is 15.5. The fourth-order valence-electron chi connectivity index (χ4n) is 2.71. The quantitative estimate of drug-likeness (QED) is 0.675. The average molecular weight is 298 g/mol. The molecule has 5 heteroatoms. The third-order valence-corrected chi connectivity index (χ3v) is 3.75. The van der Waals surface area contributed by atoms with Crippen molar-refractivity contribution in [3.63, 3.8) is 0 Å². The molecule has 114 valence electrons. The molecule has 5 nitrogen and oxygen atoms in total.